The maximum atomic E-state index is 9.56. The molecule has 106 valence electrons. The van der Waals surface area contributed by atoms with E-state index in [-0.39, 0.29) is 17.9 Å². The van der Waals surface area contributed by atoms with Crippen LogP contribution in [0.2, 0.25) is 0 Å². The topological polar surface area (TPSA) is 61.9 Å². The van der Waals surface area contributed by atoms with Crippen molar-refractivity contribution >= 4 is 5.71 Å². The number of aliphatic imine (C=N–C) groups is 1. The zero-order valence-electron chi connectivity index (χ0n) is 12.5. The van der Waals surface area contributed by atoms with Crippen molar-refractivity contribution in [3.63, 3.8) is 0 Å². The Morgan fingerprint density at radius 2 is 2.25 bits per heavy atom. The van der Waals surface area contributed by atoms with Gasteiger partial charge in [-0.15, -0.1) is 0 Å². The predicted molar refractivity (Wildman–Crippen MR) is 79.5 cm³/mol. The third kappa shape index (κ3) is 3.04. The molecular formula is C16H22N4. The summed E-state index contributed by atoms with van der Waals surface area (Å²) < 4.78 is 0. The van der Waals surface area contributed by atoms with Crippen LogP contribution in [0.1, 0.15) is 51.6 Å². The van der Waals surface area contributed by atoms with Gasteiger partial charge in [0.2, 0.25) is 0 Å². The number of nitrogens with zero attached hydrogens (tertiary/aromatic N) is 4. The first-order valence-corrected chi connectivity index (χ1v) is 7.41. The molecule has 1 aromatic heterocycles. The zero-order valence-corrected chi connectivity index (χ0v) is 12.5. The number of hydrogen-bond donors (Lipinski definition) is 0. The highest BCUT2D eigenvalue weighted by Crippen LogP contribution is 2.36. The molecule has 3 atom stereocenters. The molecule has 0 aromatic carbocycles. The smallest absolute Gasteiger partial charge is 0.0731 e. The van der Waals surface area contributed by atoms with Gasteiger partial charge in [-0.3, -0.25) is 4.99 Å². The van der Waals surface area contributed by atoms with E-state index in [1.54, 1.807) is 6.20 Å². The first kappa shape index (κ1) is 14.6. The fourth-order valence-electron chi connectivity index (χ4n) is 2.86. The molecule has 4 heteroatoms. The van der Waals surface area contributed by atoms with E-state index < -0.39 is 0 Å². The van der Waals surface area contributed by atoms with Gasteiger partial charge >= 0.3 is 0 Å². The Hall–Kier alpha value is -1.76. The Kier molecular flexibility index (Phi) is 4.84. The molecule has 3 unspecified atom stereocenters. The van der Waals surface area contributed by atoms with Gasteiger partial charge < -0.3 is 0 Å². The van der Waals surface area contributed by atoms with Gasteiger partial charge in [0.05, 0.1) is 29.6 Å². The molecular weight excluding hydrogens is 248 g/mol. The van der Waals surface area contributed by atoms with Crippen molar-refractivity contribution in [2.24, 2.45) is 16.8 Å². The van der Waals surface area contributed by atoms with Crippen LogP contribution in [0.15, 0.2) is 23.3 Å². The Balaban J connectivity index is 2.40. The zero-order chi connectivity index (χ0) is 14.5. The fourth-order valence-corrected chi connectivity index (χ4v) is 2.86. The van der Waals surface area contributed by atoms with Gasteiger partial charge in [-0.05, 0) is 30.9 Å². The van der Waals surface area contributed by atoms with E-state index in [4.69, 9.17) is 4.99 Å². The van der Waals surface area contributed by atoms with Crippen molar-refractivity contribution in [2.45, 2.75) is 52.0 Å². The first-order chi connectivity index (χ1) is 9.67. The summed E-state index contributed by atoms with van der Waals surface area (Å²) in [4.78, 5) is 4.92. The molecule has 2 heterocycles. The monoisotopic (exact) mass is 270 g/mol. The van der Waals surface area contributed by atoms with Gasteiger partial charge in [-0.1, -0.05) is 27.2 Å². The maximum absolute atomic E-state index is 9.56. The lowest BCUT2D eigenvalue weighted by Crippen LogP contribution is -2.33. The average molecular weight is 270 g/mol. The second-order valence-corrected chi connectivity index (χ2v) is 5.78. The van der Waals surface area contributed by atoms with Crippen molar-refractivity contribution in [3.05, 3.63) is 24.0 Å². The lowest BCUT2D eigenvalue weighted by Gasteiger charge is -2.33. The van der Waals surface area contributed by atoms with Crippen molar-refractivity contribution in [3.8, 4) is 6.07 Å². The summed E-state index contributed by atoms with van der Waals surface area (Å²) in [5.41, 5.74) is 2.01. The van der Waals surface area contributed by atoms with E-state index in [1.165, 1.54) is 0 Å². The van der Waals surface area contributed by atoms with Crippen LogP contribution in [-0.2, 0) is 0 Å². The number of hydrogen-bond acceptors (Lipinski definition) is 4. The second-order valence-electron chi connectivity index (χ2n) is 5.78. The number of aromatic nitrogens is 2. The summed E-state index contributed by atoms with van der Waals surface area (Å²) in [6.07, 6.45) is 4.46. The largest absolute Gasteiger partial charge is 0.290 e. The molecule has 0 fully saturated rings. The summed E-state index contributed by atoms with van der Waals surface area (Å²) in [5.74, 6) is 0.447. The van der Waals surface area contributed by atoms with Crippen LogP contribution in [0.3, 0.4) is 0 Å². The molecule has 0 bridgehead atoms. The van der Waals surface area contributed by atoms with Crippen LogP contribution in [0.5, 0.6) is 0 Å². The molecule has 0 spiro atoms. The number of nitriles is 1. The predicted octanol–water partition coefficient (Wildman–Crippen LogP) is 3.37. The Morgan fingerprint density at radius 3 is 2.80 bits per heavy atom. The van der Waals surface area contributed by atoms with Gasteiger partial charge in [-0.25, -0.2) is 0 Å². The molecule has 1 aliphatic rings. The molecule has 0 N–H and O–H groups in total. The Labute approximate surface area is 121 Å². The third-order valence-electron chi connectivity index (χ3n) is 3.94. The quantitative estimate of drug-likeness (QED) is 0.842. The fraction of sp³-hybridized carbons (Fsp3) is 0.625. The van der Waals surface area contributed by atoms with Crippen molar-refractivity contribution in [1.82, 2.24) is 10.2 Å². The highest BCUT2D eigenvalue weighted by Gasteiger charge is 2.36. The van der Waals surface area contributed by atoms with Crippen LogP contribution in [0, 0.1) is 23.2 Å². The summed E-state index contributed by atoms with van der Waals surface area (Å²) in [5, 5.41) is 17.7. The van der Waals surface area contributed by atoms with Crippen LogP contribution in [0.4, 0.5) is 0 Å². The molecule has 0 saturated carbocycles. The summed E-state index contributed by atoms with van der Waals surface area (Å²) in [6.45, 7) is 6.50. The van der Waals surface area contributed by atoms with E-state index in [0.717, 1.165) is 30.7 Å². The highest BCUT2D eigenvalue weighted by molar-refractivity contribution is 5.92. The van der Waals surface area contributed by atoms with E-state index in [1.807, 2.05) is 12.1 Å². The van der Waals surface area contributed by atoms with Crippen LogP contribution in [-0.4, -0.2) is 22.0 Å². The van der Waals surface area contributed by atoms with Gasteiger partial charge in [0.1, 0.15) is 0 Å². The standard InChI is InChI=1S/C16H22N4/c1-4-6-13-16(14-7-5-8-18-20-14)12(10-17)9-15(19-13)11(2)3/h5,7-8,11-12,15-16H,4,6,9H2,1-3H3. The van der Waals surface area contributed by atoms with Crippen molar-refractivity contribution in [1.29, 1.82) is 5.26 Å². The van der Waals surface area contributed by atoms with Crippen molar-refractivity contribution in [2.75, 3.05) is 0 Å². The SMILES string of the molecule is CCCC1=NC(C(C)C)CC(C#N)C1c1cccnn1. The minimum atomic E-state index is -0.0434. The summed E-state index contributed by atoms with van der Waals surface area (Å²) >= 11 is 0. The number of rotatable bonds is 4. The van der Waals surface area contributed by atoms with Crippen LogP contribution < -0.4 is 0 Å². The van der Waals surface area contributed by atoms with Gasteiger partial charge in [0.25, 0.3) is 0 Å². The van der Waals surface area contributed by atoms with E-state index in [2.05, 4.69) is 37.0 Å². The lowest BCUT2D eigenvalue weighted by molar-refractivity contribution is 0.380. The Bertz CT molecular complexity index is 501. The minimum Gasteiger partial charge on any atom is -0.290 e. The highest BCUT2D eigenvalue weighted by atomic mass is 15.1. The van der Waals surface area contributed by atoms with E-state index >= 15 is 0 Å². The minimum absolute atomic E-state index is 0.0173. The molecule has 0 amide bonds. The third-order valence-corrected chi connectivity index (χ3v) is 3.94. The Morgan fingerprint density at radius 1 is 1.45 bits per heavy atom. The average Bonchev–Trinajstić information content (AvgIpc) is 2.47. The molecule has 1 aliphatic heterocycles. The molecule has 20 heavy (non-hydrogen) atoms. The van der Waals surface area contributed by atoms with E-state index in [0.29, 0.717) is 5.92 Å². The summed E-state index contributed by atoms with van der Waals surface area (Å²) in [7, 11) is 0. The molecule has 4 nitrogen and oxygen atoms in total. The maximum Gasteiger partial charge on any atom is 0.0731 e. The normalized spacial score (nSPS) is 26.1. The van der Waals surface area contributed by atoms with E-state index in [9.17, 15) is 5.26 Å². The molecule has 0 aliphatic carbocycles. The lowest BCUT2D eigenvalue weighted by atomic mass is 9.76. The molecule has 0 radical (unpaired) electrons. The van der Waals surface area contributed by atoms with Crippen molar-refractivity contribution < 1.29 is 0 Å². The van der Waals surface area contributed by atoms with Crippen LogP contribution >= 0.6 is 0 Å². The van der Waals surface area contributed by atoms with Crippen LogP contribution in [0.25, 0.3) is 0 Å². The molecule has 1 aromatic rings. The second kappa shape index (κ2) is 6.60. The summed E-state index contributed by atoms with van der Waals surface area (Å²) in [6, 6.07) is 6.58. The molecule has 0 saturated heterocycles. The van der Waals surface area contributed by atoms with Gasteiger partial charge in [0, 0.05) is 11.9 Å². The first-order valence-electron chi connectivity index (χ1n) is 7.41. The van der Waals surface area contributed by atoms with Gasteiger partial charge in [0.15, 0.2) is 0 Å². The molecule has 2 rings (SSSR count). The van der Waals surface area contributed by atoms with Gasteiger partial charge in [-0.2, -0.15) is 15.5 Å².